The van der Waals surface area contributed by atoms with Crippen molar-refractivity contribution in [3.63, 3.8) is 0 Å². The summed E-state index contributed by atoms with van der Waals surface area (Å²) in [5.74, 6) is 1.63. The molecule has 0 bridgehead atoms. The van der Waals surface area contributed by atoms with E-state index in [-0.39, 0.29) is 5.75 Å². The molecule has 6 heteroatoms. The molecule has 0 aliphatic heterocycles. The average Bonchev–Trinajstić information content (AvgIpc) is 2.82. The molecule has 2 rings (SSSR count). The molecular formula is C14H20N4OS. The Hall–Kier alpha value is -1.82. The van der Waals surface area contributed by atoms with E-state index in [9.17, 15) is 5.11 Å². The number of nitrogens with zero attached hydrogens (tertiary/aromatic N) is 2. The van der Waals surface area contributed by atoms with Gasteiger partial charge in [0.05, 0.1) is 17.4 Å². The van der Waals surface area contributed by atoms with Gasteiger partial charge in [-0.25, -0.2) is 0 Å². The third kappa shape index (κ3) is 3.39. The molecule has 0 spiro atoms. The summed E-state index contributed by atoms with van der Waals surface area (Å²) in [5.41, 5.74) is 1.47. The predicted molar refractivity (Wildman–Crippen MR) is 84.0 cm³/mol. The number of para-hydroxylation sites is 1. The Labute approximate surface area is 123 Å². The van der Waals surface area contributed by atoms with Gasteiger partial charge in [0.1, 0.15) is 5.75 Å². The number of hydrogen-bond donors (Lipinski definition) is 3. The molecule has 108 valence electrons. The van der Waals surface area contributed by atoms with Crippen LogP contribution in [-0.2, 0) is 0 Å². The summed E-state index contributed by atoms with van der Waals surface area (Å²) in [5, 5.41) is 16.5. The maximum Gasteiger partial charge on any atom is 0.188 e. The van der Waals surface area contributed by atoms with Crippen LogP contribution in [0, 0.1) is 6.92 Å². The third-order valence-corrected chi connectivity index (χ3v) is 3.61. The van der Waals surface area contributed by atoms with Crippen LogP contribution in [0.2, 0.25) is 0 Å². The lowest BCUT2D eigenvalue weighted by molar-refractivity contribution is 0.473. The number of aromatic nitrogens is 2. The van der Waals surface area contributed by atoms with Gasteiger partial charge < -0.3 is 15.7 Å². The van der Waals surface area contributed by atoms with Crippen molar-refractivity contribution in [2.45, 2.75) is 39.7 Å². The maximum absolute atomic E-state index is 10.0. The summed E-state index contributed by atoms with van der Waals surface area (Å²) in [6, 6.07) is 5.92. The van der Waals surface area contributed by atoms with Gasteiger partial charge in [-0.05, 0) is 31.9 Å². The van der Waals surface area contributed by atoms with E-state index in [0.29, 0.717) is 17.5 Å². The fourth-order valence-corrected chi connectivity index (χ4v) is 2.47. The topological polar surface area (TPSA) is 70.1 Å². The van der Waals surface area contributed by atoms with E-state index in [0.717, 1.165) is 36.0 Å². The summed E-state index contributed by atoms with van der Waals surface area (Å²) in [7, 11) is 0. The van der Waals surface area contributed by atoms with Crippen LogP contribution in [0.4, 0.5) is 17.3 Å². The van der Waals surface area contributed by atoms with Crippen LogP contribution in [-0.4, -0.2) is 19.9 Å². The van der Waals surface area contributed by atoms with Gasteiger partial charge in [0, 0.05) is 6.04 Å². The zero-order valence-electron chi connectivity index (χ0n) is 12.0. The van der Waals surface area contributed by atoms with Gasteiger partial charge in [-0.1, -0.05) is 25.5 Å². The first kappa shape index (κ1) is 14.6. The van der Waals surface area contributed by atoms with Crippen molar-refractivity contribution < 1.29 is 5.11 Å². The smallest absolute Gasteiger partial charge is 0.188 e. The Kier molecular flexibility index (Phi) is 4.79. The normalized spacial score (nSPS) is 12.2. The lowest BCUT2D eigenvalue weighted by Crippen LogP contribution is -2.15. The van der Waals surface area contributed by atoms with E-state index in [1.165, 1.54) is 0 Å². The predicted octanol–water partition coefficient (Wildman–Crippen LogP) is 3.90. The number of anilines is 3. The summed E-state index contributed by atoms with van der Waals surface area (Å²) in [6.07, 6.45) is 2.19. The number of aromatic hydroxyl groups is 1. The van der Waals surface area contributed by atoms with Crippen molar-refractivity contribution >= 4 is 29.1 Å². The van der Waals surface area contributed by atoms with Gasteiger partial charge in [-0.15, -0.1) is 0 Å². The van der Waals surface area contributed by atoms with Crippen LogP contribution in [0.15, 0.2) is 18.2 Å². The van der Waals surface area contributed by atoms with Crippen LogP contribution >= 0.6 is 11.7 Å². The van der Waals surface area contributed by atoms with E-state index in [4.69, 9.17) is 0 Å². The summed E-state index contributed by atoms with van der Waals surface area (Å²) < 4.78 is 8.50. The van der Waals surface area contributed by atoms with Gasteiger partial charge in [-0.2, -0.15) is 8.75 Å². The SMILES string of the molecule is CCCC(C)Nc1nsnc1Nc1cccc(C)c1O. The number of aryl methyl sites for hydroxylation is 1. The molecular weight excluding hydrogens is 272 g/mol. The average molecular weight is 292 g/mol. The first-order chi connectivity index (χ1) is 9.61. The highest BCUT2D eigenvalue weighted by Crippen LogP contribution is 2.31. The minimum atomic E-state index is 0.244. The van der Waals surface area contributed by atoms with Crippen molar-refractivity contribution in [1.29, 1.82) is 0 Å². The first-order valence-corrected chi connectivity index (χ1v) is 7.49. The standard InChI is InChI=1S/C14H20N4OS/c1-4-6-10(3)15-13-14(18-20-17-13)16-11-8-5-7-9(2)12(11)19/h5,7-8,10,19H,4,6H2,1-3H3,(H,15,17)(H,16,18). The highest BCUT2D eigenvalue weighted by molar-refractivity contribution is 6.99. The minimum Gasteiger partial charge on any atom is -0.505 e. The molecule has 1 aromatic carbocycles. The number of nitrogens with one attached hydrogen (secondary N) is 2. The second-order valence-corrected chi connectivity index (χ2v) is 5.42. The van der Waals surface area contributed by atoms with Crippen molar-refractivity contribution in [3.05, 3.63) is 23.8 Å². The van der Waals surface area contributed by atoms with Crippen LogP contribution in [0.25, 0.3) is 0 Å². The molecule has 1 atom stereocenters. The van der Waals surface area contributed by atoms with E-state index < -0.39 is 0 Å². The number of benzene rings is 1. The Morgan fingerprint density at radius 2 is 2.05 bits per heavy atom. The summed E-state index contributed by atoms with van der Waals surface area (Å²) in [4.78, 5) is 0. The van der Waals surface area contributed by atoms with Crippen molar-refractivity contribution in [2.24, 2.45) is 0 Å². The van der Waals surface area contributed by atoms with E-state index >= 15 is 0 Å². The fraction of sp³-hybridized carbons (Fsp3) is 0.429. The Morgan fingerprint density at radius 1 is 1.30 bits per heavy atom. The van der Waals surface area contributed by atoms with Crippen LogP contribution in [0.3, 0.4) is 0 Å². The lowest BCUT2D eigenvalue weighted by atomic mass is 10.2. The van der Waals surface area contributed by atoms with Gasteiger partial charge in [0.2, 0.25) is 0 Å². The molecule has 0 radical (unpaired) electrons. The van der Waals surface area contributed by atoms with Crippen LogP contribution in [0.1, 0.15) is 32.3 Å². The molecule has 0 aliphatic rings. The number of rotatable bonds is 6. The van der Waals surface area contributed by atoms with Gasteiger partial charge >= 0.3 is 0 Å². The van der Waals surface area contributed by atoms with Crippen molar-refractivity contribution in [2.75, 3.05) is 10.6 Å². The summed E-state index contributed by atoms with van der Waals surface area (Å²) >= 11 is 1.15. The minimum absolute atomic E-state index is 0.244. The quantitative estimate of drug-likeness (QED) is 0.704. The molecule has 1 unspecified atom stereocenters. The molecule has 1 heterocycles. The Bertz CT molecular complexity index is 570. The molecule has 0 saturated carbocycles. The molecule has 5 nitrogen and oxygen atoms in total. The molecule has 0 amide bonds. The first-order valence-electron chi connectivity index (χ1n) is 6.76. The van der Waals surface area contributed by atoms with Crippen LogP contribution < -0.4 is 10.6 Å². The van der Waals surface area contributed by atoms with Crippen LogP contribution in [0.5, 0.6) is 5.75 Å². The molecule has 0 fully saturated rings. The molecule has 0 saturated heterocycles. The fourth-order valence-electron chi connectivity index (χ4n) is 1.99. The highest BCUT2D eigenvalue weighted by atomic mass is 32.1. The highest BCUT2D eigenvalue weighted by Gasteiger charge is 2.12. The van der Waals surface area contributed by atoms with Crippen molar-refractivity contribution in [3.8, 4) is 5.75 Å². The number of hydrogen-bond acceptors (Lipinski definition) is 6. The zero-order chi connectivity index (χ0) is 14.5. The second-order valence-electron chi connectivity index (χ2n) is 4.89. The number of phenols is 1. The monoisotopic (exact) mass is 292 g/mol. The lowest BCUT2D eigenvalue weighted by Gasteiger charge is -2.14. The van der Waals surface area contributed by atoms with E-state index in [1.54, 1.807) is 0 Å². The maximum atomic E-state index is 10.0. The number of phenolic OH excluding ortho intramolecular Hbond substituents is 1. The van der Waals surface area contributed by atoms with E-state index in [1.807, 2.05) is 25.1 Å². The molecule has 20 heavy (non-hydrogen) atoms. The third-order valence-electron chi connectivity index (χ3n) is 3.08. The molecule has 3 N–H and O–H groups in total. The molecule has 2 aromatic rings. The molecule has 0 aliphatic carbocycles. The van der Waals surface area contributed by atoms with Gasteiger partial charge in [0.25, 0.3) is 0 Å². The zero-order valence-corrected chi connectivity index (χ0v) is 12.8. The molecule has 1 aromatic heterocycles. The largest absolute Gasteiger partial charge is 0.505 e. The van der Waals surface area contributed by atoms with Gasteiger partial charge in [0.15, 0.2) is 11.6 Å². The van der Waals surface area contributed by atoms with E-state index in [2.05, 4.69) is 33.2 Å². The second kappa shape index (κ2) is 6.56. The Balaban J connectivity index is 2.14. The van der Waals surface area contributed by atoms with Gasteiger partial charge in [-0.3, -0.25) is 0 Å². The summed E-state index contributed by atoms with van der Waals surface area (Å²) in [6.45, 7) is 6.14. The Morgan fingerprint density at radius 3 is 2.80 bits per heavy atom. The van der Waals surface area contributed by atoms with Crippen molar-refractivity contribution in [1.82, 2.24) is 8.75 Å².